The van der Waals surface area contributed by atoms with Crippen molar-refractivity contribution in [1.29, 1.82) is 0 Å². The minimum Gasteiger partial charge on any atom is -0.237 e. The molecule has 0 heterocycles. The molecule has 14 heavy (non-hydrogen) atoms. The lowest BCUT2D eigenvalue weighted by Gasteiger charge is -2.47. The molecule has 0 bridgehead atoms. The Hall–Kier alpha value is -0.170. The van der Waals surface area contributed by atoms with E-state index in [0.717, 1.165) is 0 Å². The molecule has 82 valence electrons. The summed E-state index contributed by atoms with van der Waals surface area (Å²) in [4.78, 5) is 0. The molecule has 0 N–H and O–H groups in total. The van der Waals surface area contributed by atoms with Crippen molar-refractivity contribution in [2.24, 2.45) is 0 Å². The SMILES string of the molecule is CC1=C(C)C(C)(S(C)(C)C)C(C)=C1C. The van der Waals surface area contributed by atoms with Gasteiger partial charge in [-0.25, -0.2) is 10.0 Å². The smallest absolute Gasteiger partial charge is 0.0394 e. The van der Waals surface area contributed by atoms with E-state index in [2.05, 4.69) is 53.4 Å². The van der Waals surface area contributed by atoms with Gasteiger partial charge in [-0.15, -0.1) is 0 Å². The van der Waals surface area contributed by atoms with Crippen LogP contribution < -0.4 is 0 Å². The summed E-state index contributed by atoms with van der Waals surface area (Å²) in [5.41, 5.74) is 6.23. The van der Waals surface area contributed by atoms with Crippen LogP contribution in [0.15, 0.2) is 22.3 Å². The summed E-state index contributed by atoms with van der Waals surface area (Å²) in [6.07, 6.45) is 7.27. The van der Waals surface area contributed by atoms with Gasteiger partial charge in [0.1, 0.15) is 0 Å². The van der Waals surface area contributed by atoms with Crippen molar-refractivity contribution in [3.05, 3.63) is 22.3 Å². The van der Waals surface area contributed by atoms with Gasteiger partial charge < -0.3 is 0 Å². The highest BCUT2D eigenvalue weighted by Crippen LogP contribution is 2.61. The fourth-order valence-electron chi connectivity index (χ4n) is 2.48. The van der Waals surface area contributed by atoms with Crippen molar-refractivity contribution in [1.82, 2.24) is 0 Å². The third-order valence-corrected chi connectivity index (χ3v) is 7.41. The van der Waals surface area contributed by atoms with Crippen LogP contribution >= 0.6 is 10.0 Å². The highest BCUT2D eigenvalue weighted by atomic mass is 32.3. The summed E-state index contributed by atoms with van der Waals surface area (Å²) in [5.74, 6) is 0. The molecule has 0 radical (unpaired) electrons. The zero-order valence-corrected chi connectivity index (χ0v) is 11.7. The fourth-order valence-corrected chi connectivity index (χ4v) is 4.62. The van der Waals surface area contributed by atoms with Gasteiger partial charge in [0.15, 0.2) is 0 Å². The summed E-state index contributed by atoms with van der Waals surface area (Å²) in [5, 5.41) is 0. The molecule has 0 spiro atoms. The molecule has 0 amide bonds. The Morgan fingerprint density at radius 1 is 0.786 bits per heavy atom. The Kier molecular flexibility index (Phi) is 2.69. The molecule has 0 atom stereocenters. The van der Waals surface area contributed by atoms with E-state index in [9.17, 15) is 0 Å². The molecule has 0 aromatic rings. The molecule has 0 fully saturated rings. The van der Waals surface area contributed by atoms with Crippen molar-refractivity contribution in [2.75, 3.05) is 18.8 Å². The third-order valence-electron chi connectivity index (χ3n) is 4.34. The average molecular weight is 212 g/mol. The number of rotatable bonds is 1. The summed E-state index contributed by atoms with van der Waals surface area (Å²) < 4.78 is 0.334. The van der Waals surface area contributed by atoms with E-state index < -0.39 is 10.0 Å². The highest BCUT2D eigenvalue weighted by Gasteiger charge is 2.42. The summed E-state index contributed by atoms with van der Waals surface area (Å²) in [6.45, 7) is 11.6. The maximum Gasteiger partial charge on any atom is 0.0394 e. The van der Waals surface area contributed by atoms with Crippen LogP contribution in [0.3, 0.4) is 0 Å². The maximum atomic E-state index is 2.42. The normalized spacial score (nSPS) is 23.4. The fraction of sp³-hybridized carbons (Fsp3) is 0.692. The number of hydrogen-bond acceptors (Lipinski definition) is 0. The van der Waals surface area contributed by atoms with E-state index in [1.54, 1.807) is 11.1 Å². The molecule has 1 aliphatic rings. The van der Waals surface area contributed by atoms with Gasteiger partial charge in [-0.3, -0.25) is 0 Å². The van der Waals surface area contributed by atoms with Gasteiger partial charge >= 0.3 is 0 Å². The van der Waals surface area contributed by atoms with Gasteiger partial charge in [0, 0.05) is 4.75 Å². The lowest BCUT2D eigenvalue weighted by molar-refractivity contribution is 0.863. The third kappa shape index (κ3) is 1.29. The molecule has 0 aromatic heterocycles. The number of allylic oxidation sites excluding steroid dienone is 2. The quantitative estimate of drug-likeness (QED) is 0.613. The first-order valence-electron chi connectivity index (χ1n) is 5.18. The van der Waals surface area contributed by atoms with Crippen molar-refractivity contribution in [2.45, 2.75) is 39.4 Å². The first-order chi connectivity index (χ1) is 6.14. The van der Waals surface area contributed by atoms with Gasteiger partial charge in [-0.2, -0.15) is 0 Å². The van der Waals surface area contributed by atoms with Crippen LogP contribution in [-0.4, -0.2) is 23.5 Å². The van der Waals surface area contributed by atoms with E-state index >= 15 is 0 Å². The molecule has 0 saturated carbocycles. The molecule has 0 nitrogen and oxygen atoms in total. The Labute approximate surface area is 90.8 Å². The topological polar surface area (TPSA) is 0 Å². The largest absolute Gasteiger partial charge is 0.237 e. The second-order valence-corrected chi connectivity index (χ2v) is 9.86. The second-order valence-electron chi connectivity index (χ2n) is 5.37. The Morgan fingerprint density at radius 2 is 1.07 bits per heavy atom. The molecule has 0 aliphatic heterocycles. The molecule has 1 rings (SSSR count). The van der Waals surface area contributed by atoms with Crippen LogP contribution in [0, 0.1) is 0 Å². The summed E-state index contributed by atoms with van der Waals surface area (Å²) in [6, 6.07) is 0. The number of hydrogen-bond donors (Lipinski definition) is 0. The van der Waals surface area contributed by atoms with Gasteiger partial charge in [0.2, 0.25) is 0 Å². The van der Waals surface area contributed by atoms with Crippen LogP contribution in [0.2, 0.25) is 0 Å². The van der Waals surface area contributed by atoms with E-state index in [-0.39, 0.29) is 0 Å². The molecule has 0 saturated heterocycles. The standard InChI is InChI=1S/C13H24S/c1-9-10(2)12(4)13(5,11(9)3)14(6,7)8/h1-8H3. The lowest BCUT2D eigenvalue weighted by Crippen LogP contribution is -2.31. The van der Waals surface area contributed by atoms with Crippen molar-refractivity contribution >= 4 is 10.0 Å². The zero-order valence-electron chi connectivity index (χ0n) is 10.9. The predicted octanol–water partition coefficient (Wildman–Crippen LogP) is 4.13. The second kappa shape index (κ2) is 3.16. The van der Waals surface area contributed by atoms with Gasteiger partial charge in [-0.05, 0) is 64.5 Å². The lowest BCUT2D eigenvalue weighted by atomic mass is 9.98. The van der Waals surface area contributed by atoms with Crippen LogP contribution in [0.5, 0.6) is 0 Å². The van der Waals surface area contributed by atoms with Crippen molar-refractivity contribution in [3.63, 3.8) is 0 Å². The average Bonchev–Trinajstić information content (AvgIpc) is 2.21. The van der Waals surface area contributed by atoms with E-state index in [0.29, 0.717) is 4.75 Å². The van der Waals surface area contributed by atoms with Gasteiger partial charge in [0.25, 0.3) is 0 Å². The summed E-state index contributed by atoms with van der Waals surface area (Å²) in [7, 11) is -0.582. The molecule has 1 heteroatoms. The van der Waals surface area contributed by atoms with E-state index in [4.69, 9.17) is 0 Å². The van der Waals surface area contributed by atoms with E-state index in [1.165, 1.54) is 11.1 Å². The van der Waals surface area contributed by atoms with Gasteiger partial charge in [0.05, 0.1) is 0 Å². The van der Waals surface area contributed by atoms with Crippen molar-refractivity contribution in [3.8, 4) is 0 Å². The zero-order chi connectivity index (χ0) is 11.3. The Morgan fingerprint density at radius 3 is 1.21 bits per heavy atom. The molecular formula is C13H24S. The maximum absolute atomic E-state index is 2.42. The van der Waals surface area contributed by atoms with Crippen LogP contribution in [0.25, 0.3) is 0 Å². The first kappa shape index (κ1) is 11.9. The van der Waals surface area contributed by atoms with Crippen LogP contribution in [0.1, 0.15) is 34.6 Å². The van der Waals surface area contributed by atoms with Gasteiger partial charge in [-0.1, -0.05) is 11.1 Å². The Bertz CT molecular complexity index is 300. The first-order valence-corrected chi connectivity index (χ1v) is 8.04. The monoisotopic (exact) mass is 212 g/mol. The minimum absolute atomic E-state index is 0.334. The molecule has 0 unspecified atom stereocenters. The minimum atomic E-state index is -0.582. The predicted molar refractivity (Wildman–Crippen MR) is 70.5 cm³/mol. The molecular weight excluding hydrogens is 188 g/mol. The van der Waals surface area contributed by atoms with Crippen molar-refractivity contribution < 1.29 is 0 Å². The molecule has 0 aromatic carbocycles. The van der Waals surface area contributed by atoms with Crippen LogP contribution in [-0.2, 0) is 0 Å². The summed E-state index contributed by atoms with van der Waals surface area (Å²) >= 11 is 0. The van der Waals surface area contributed by atoms with E-state index in [1.807, 2.05) is 0 Å². The van der Waals surface area contributed by atoms with Crippen LogP contribution in [0.4, 0.5) is 0 Å². The highest BCUT2D eigenvalue weighted by molar-refractivity contribution is 8.33. The Balaban J connectivity index is 3.42. The molecule has 1 aliphatic carbocycles.